The van der Waals surface area contributed by atoms with Crippen LogP contribution in [0.25, 0.3) is 11.3 Å². The molecule has 1 saturated heterocycles. The predicted molar refractivity (Wildman–Crippen MR) is 81.2 cm³/mol. The minimum atomic E-state index is -3.03. The third-order valence-electron chi connectivity index (χ3n) is 3.65. The summed E-state index contributed by atoms with van der Waals surface area (Å²) in [5.74, 6) is -0.256. The number of sulfone groups is 1. The first-order valence-corrected chi connectivity index (χ1v) is 8.80. The molecule has 0 radical (unpaired) electrons. The van der Waals surface area contributed by atoms with E-state index in [9.17, 15) is 13.2 Å². The molecular formula is C15H16N2O4S. The molecule has 0 unspecified atom stereocenters. The Balaban J connectivity index is 1.71. The van der Waals surface area contributed by atoms with Gasteiger partial charge in [-0.3, -0.25) is 4.79 Å². The van der Waals surface area contributed by atoms with Crippen LogP contribution in [0.15, 0.2) is 34.9 Å². The molecule has 2 aromatic rings. The van der Waals surface area contributed by atoms with Crippen LogP contribution in [0.1, 0.15) is 22.5 Å². The first-order chi connectivity index (χ1) is 10.4. The van der Waals surface area contributed by atoms with E-state index in [4.69, 9.17) is 4.52 Å². The molecule has 6 nitrogen and oxygen atoms in total. The summed E-state index contributed by atoms with van der Waals surface area (Å²) < 4.78 is 27.8. The second kappa shape index (κ2) is 5.57. The molecule has 0 bridgehead atoms. The van der Waals surface area contributed by atoms with Crippen LogP contribution < -0.4 is 5.32 Å². The Morgan fingerprint density at radius 3 is 2.68 bits per heavy atom. The molecule has 1 aliphatic heterocycles. The van der Waals surface area contributed by atoms with E-state index in [1.54, 1.807) is 6.07 Å². The molecule has 0 saturated carbocycles. The van der Waals surface area contributed by atoms with Gasteiger partial charge in [-0.15, -0.1) is 0 Å². The molecule has 1 aliphatic rings. The molecule has 1 N–H and O–H groups in total. The van der Waals surface area contributed by atoms with E-state index in [2.05, 4.69) is 10.5 Å². The Kier molecular flexibility index (Phi) is 3.74. The summed E-state index contributed by atoms with van der Waals surface area (Å²) in [5, 5.41) is 6.56. The molecular weight excluding hydrogens is 304 g/mol. The number of carbonyl (C=O) groups is 1. The van der Waals surface area contributed by atoms with E-state index in [0.717, 1.165) is 11.1 Å². The molecule has 1 fully saturated rings. The van der Waals surface area contributed by atoms with Crippen LogP contribution in [0.2, 0.25) is 0 Å². The van der Waals surface area contributed by atoms with Crippen LogP contribution in [0.5, 0.6) is 0 Å². The Hall–Kier alpha value is -2.15. The molecule has 22 heavy (non-hydrogen) atoms. The van der Waals surface area contributed by atoms with Gasteiger partial charge in [0.05, 0.1) is 11.5 Å². The number of nitrogens with zero attached hydrogens (tertiary/aromatic N) is 1. The van der Waals surface area contributed by atoms with Crippen molar-refractivity contribution in [2.24, 2.45) is 0 Å². The average Bonchev–Trinajstić information content (AvgIpc) is 3.06. The zero-order chi connectivity index (χ0) is 15.7. The van der Waals surface area contributed by atoms with E-state index in [-0.39, 0.29) is 23.3 Å². The summed E-state index contributed by atoms with van der Waals surface area (Å²) >= 11 is 0. The lowest BCUT2D eigenvalue weighted by Gasteiger charge is -2.07. The molecule has 1 aromatic heterocycles. The molecule has 116 valence electrons. The van der Waals surface area contributed by atoms with E-state index in [1.165, 1.54) is 0 Å². The highest BCUT2D eigenvalue weighted by Crippen LogP contribution is 2.20. The van der Waals surface area contributed by atoms with Crippen LogP contribution in [-0.4, -0.2) is 37.0 Å². The van der Waals surface area contributed by atoms with Gasteiger partial charge in [0.15, 0.2) is 9.84 Å². The number of hydrogen-bond acceptors (Lipinski definition) is 5. The van der Waals surface area contributed by atoms with Gasteiger partial charge in [-0.05, 0) is 13.3 Å². The van der Waals surface area contributed by atoms with Gasteiger partial charge in [0, 0.05) is 17.7 Å². The first-order valence-electron chi connectivity index (χ1n) is 6.98. The Labute approximate surface area is 128 Å². The SMILES string of the molecule is Cc1ccc(-c2cc(C(=O)N[C@H]3CCS(=O)(=O)C3)on2)cc1. The zero-order valence-electron chi connectivity index (χ0n) is 12.1. The van der Waals surface area contributed by atoms with E-state index < -0.39 is 15.7 Å². The molecule has 2 heterocycles. The monoisotopic (exact) mass is 320 g/mol. The summed E-state index contributed by atoms with van der Waals surface area (Å²) in [5.41, 5.74) is 2.56. The normalized spacial score (nSPS) is 20.0. The van der Waals surface area contributed by atoms with Gasteiger partial charge in [-0.1, -0.05) is 35.0 Å². The minimum absolute atomic E-state index is 0.0162. The van der Waals surface area contributed by atoms with Crippen molar-refractivity contribution in [2.75, 3.05) is 11.5 Å². The predicted octanol–water partition coefficient (Wildman–Crippen LogP) is 1.57. The van der Waals surface area contributed by atoms with Crippen molar-refractivity contribution < 1.29 is 17.7 Å². The van der Waals surface area contributed by atoms with Gasteiger partial charge in [0.2, 0.25) is 5.76 Å². The lowest BCUT2D eigenvalue weighted by molar-refractivity contribution is 0.0904. The maximum atomic E-state index is 12.1. The van der Waals surface area contributed by atoms with Crippen molar-refractivity contribution in [3.8, 4) is 11.3 Å². The Bertz CT molecular complexity index is 793. The molecule has 1 amide bonds. The maximum Gasteiger partial charge on any atom is 0.290 e. The van der Waals surface area contributed by atoms with Crippen molar-refractivity contribution in [1.82, 2.24) is 10.5 Å². The highest BCUT2D eigenvalue weighted by atomic mass is 32.2. The first kappa shape index (κ1) is 14.8. The van der Waals surface area contributed by atoms with Gasteiger partial charge in [-0.25, -0.2) is 8.42 Å². The smallest absolute Gasteiger partial charge is 0.290 e. The lowest BCUT2D eigenvalue weighted by Crippen LogP contribution is -2.35. The number of aromatic nitrogens is 1. The van der Waals surface area contributed by atoms with Gasteiger partial charge < -0.3 is 9.84 Å². The third-order valence-corrected chi connectivity index (χ3v) is 5.42. The lowest BCUT2D eigenvalue weighted by atomic mass is 10.1. The topological polar surface area (TPSA) is 89.3 Å². The van der Waals surface area contributed by atoms with Gasteiger partial charge in [-0.2, -0.15) is 0 Å². The standard InChI is InChI=1S/C15H16N2O4S/c1-10-2-4-11(5-3-10)13-8-14(21-17-13)15(18)16-12-6-7-22(19,20)9-12/h2-5,8,12H,6-7,9H2,1H3,(H,16,18)/t12-/m0/s1. The van der Waals surface area contributed by atoms with E-state index in [0.29, 0.717) is 12.1 Å². The van der Waals surface area contributed by atoms with Crippen LogP contribution in [0.3, 0.4) is 0 Å². The quantitative estimate of drug-likeness (QED) is 0.927. The molecule has 1 atom stereocenters. The van der Waals surface area contributed by atoms with Crippen molar-refractivity contribution in [3.05, 3.63) is 41.7 Å². The number of aryl methyl sites for hydroxylation is 1. The fourth-order valence-electron chi connectivity index (χ4n) is 2.41. The average molecular weight is 320 g/mol. The largest absolute Gasteiger partial charge is 0.350 e. The molecule has 0 spiro atoms. The van der Waals surface area contributed by atoms with Gasteiger partial charge in [0.1, 0.15) is 5.69 Å². The summed E-state index contributed by atoms with van der Waals surface area (Å²) in [7, 11) is -3.03. The van der Waals surface area contributed by atoms with Gasteiger partial charge >= 0.3 is 0 Å². The molecule has 7 heteroatoms. The summed E-state index contributed by atoms with van der Waals surface area (Å²) in [4.78, 5) is 12.1. The Morgan fingerprint density at radius 1 is 1.32 bits per heavy atom. The number of rotatable bonds is 3. The molecule has 0 aliphatic carbocycles. The molecule has 3 rings (SSSR count). The maximum absolute atomic E-state index is 12.1. The highest BCUT2D eigenvalue weighted by molar-refractivity contribution is 7.91. The van der Waals surface area contributed by atoms with Crippen LogP contribution in [-0.2, 0) is 9.84 Å². The number of nitrogens with one attached hydrogen (secondary N) is 1. The summed E-state index contributed by atoms with van der Waals surface area (Å²) in [6.07, 6.45) is 0.438. The number of carbonyl (C=O) groups excluding carboxylic acids is 1. The van der Waals surface area contributed by atoms with Gasteiger partial charge in [0.25, 0.3) is 5.91 Å². The van der Waals surface area contributed by atoms with Crippen molar-refractivity contribution in [1.29, 1.82) is 0 Å². The second-order valence-electron chi connectivity index (χ2n) is 5.52. The van der Waals surface area contributed by atoms with Crippen LogP contribution in [0, 0.1) is 6.92 Å². The second-order valence-corrected chi connectivity index (χ2v) is 7.74. The van der Waals surface area contributed by atoms with E-state index in [1.807, 2.05) is 31.2 Å². The summed E-state index contributed by atoms with van der Waals surface area (Å²) in [6, 6.07) is 8.91. The van der Waals surface area contributed by atoms with Crippen molar-refractivity contribution >= 4 is 15.7 Å². The highest BCUT2D eigenvalue weighted by Gasteiger charge is 2.30. The fourth-order valence-corrected chi connectivity index (χ4v) is 4.08. The Morgan fingerprint density at radius 2 is 2.05 bits per heavy atom. The van der Waals surface area contributed by atoms with Crippen molar-refractivity contribution in [2.45, 2.75) is 19.4 Å². The minimum Gasteiger partial charge on any atom is -0.350 e. The fraction of sp³-hybridized carbons (Fsp3) is 0.333. The zero-order valence-corrected chi connectivity index (χ0v) is 12.9. The van der Waals surface area contributed by atoms with E-state index >= 15 is 0 Å². The number of amides is 1. The number of hydrogen-bond donors (Lipinski definition) is 1. The third kappa shape index (κ3) is 3.19. The number of benzene rings is 1. The summed E-state index contributed by atoms with van der Waals surface area (Å²) in [6.45, 7) is 1.99. The van der Waals surface area contributed by atoms with Crippen LogP contribution in [0.4, 0.5) is 0 Å². The van der Waals surface area contributed by atoms with Crippen LogP contribution >= 0.6 is 0 Å². The molecule has 1 aromatic carbocycles. The van der Waals surface area contributed by atoms with Crippen molar-refractivity contribution in [3.63, 3.8) is 0 Å².